The summed E-state index contributed by atoms with van der Waals surface area (Å²) in [5, 5.41) is 6.13. The van der Waals surface area contributed by atoms with Crippen molar-refractivity contribution in [1.29, 1.82) is 0 Å². The van der Waals surface area contributed by atoms with Crippen LogP contribution >= 0.6 is 0 Å². The van der Waals surface area contributed by atoms with Gasteiger partial charge >= 0.3 is 0 Å². The summed E-state index contributed by atoms with van der Waals surface area (Å²) >= 11 is 0. The van der Waals surface area contributed by atoms with Gasteiger partial charge in [-0.1, -0.05) is 12.8 Å². The molecule has 1 aromatic rings. The number of benzene rings is 1. The molecule has 90 valence electrons. The number of rotatable bonds is 0. The van der Waals surface area contributed by atoms with E-state index < -0.39 is 5.54 Å². The van der Waals surface area contributed by atoms with Crippen LogP contribution in [0.15, 0.2) is 12.1 Å². The van der Waals surface area contributed by atoms with Crippen LogP contribution in [0, 0.1) is 12.7 Å². The fourth-order valence-electron chi connectivity index (χ4n) is 2.78. The van der Waals surface area contributed by atoms with Gasteiger partial charge in [0.05, 0.1) is 11.4 Å². The summed E-state index contributed by atoms with van der Waals surface area (Å²) in [6, 6.07) is 3.15. The molecule has 2 N–H and O–H groups in total. The van der Waals surface area contributed by atoms with E-state index in [1.54, 1.807) is 13.0 Å². The molecule has 1 aromatic carbocycles. The molecule has 2 aliphatic rings. The highest BCUT2D eigenvalue weighted by molar-refractivity contribution is 6.06. The van der Waals surface area contributed by atoms with E-state index in [-0.39, 0.29) is 11.7 Å². The van der Waals surface area contributed by atoms with E-state index in [0.29, 0.717) is 11.3 Å². The van der Waals surface area contributed by atoms with Crippen molar-refractivity contribution < 1.29 is 9.18 Å². The third kappa shape index (κ3) is 1.51. The summed E-state index contributed by atoms with van der Waals surface area (Å²) in [6.45, 7) is 1.73. The molecule has 4 heteroatoms. The van der Waals surface area contributed by atoms with Gasteiger partial charge in [0.2, 0.25) is 5.91 Å². The molecule has 1 heterocycles. The van der Waals surface area contributed by atoms with E-state index in [9.17, 15) is 9.18 Å². The molecule has 1 saturated carbocycles. The zero-order valence-corrected chi connectivity index (χ0v) is 9.77. The van der Waals surface area contributed by atoms with Crippen molar-refractivity contribution in [2.75, 3.05) is 10.6 Å². The van der Waals surface area contributed by atoms with Gasteiger partial charge in [-0.3, -0.25) is 4.79 Å². The van der Waals surface area contributed by atoms with Crippen LogP contribution in [-0.2, 0) is 4.79 Å². The molecular formula is C13H15FN2O. The number of anilines is 2. The molecule has 1 fully saturated rings. The normalized spacial score (nSPS) is 20.9. The quantitative estimate of drug-likeness (QED) is 0.724. The van der Waals surface area contributed by atoms with Crippen LogP contribution in [0.3, 0.4) is 0 Å². The van der Waals surface area contributed by atoms with Gasteiger partial charge in [-0.2, -0.15) is 0 Å². The summed E-state index contributed by atoms with van der Waals surface area (Å²) in [5.41, 5.74) is 1.53. The predicted molar refractivity (Wildman–Crippen MR) is 64.6 cm³/mol. The molecule has 17 heavy (non-hydrogen) atoms. The fraction of sp³-hybridized carbons (Fsp3) is 0.462. The van der Waals surface area contributed by atoms with Crippen molar-refractivity contribution in [3.63, 3.8) is 0 Å². The first kappa shape index (κ1) is 10.6. The molecule has 1 aliphatic carbocycles. The van der Waals surface area contributed by atoms with Gasteiger partial charge in [0, 0.05) is 0 Å². The molecule has 0 saturated heterocycles. The highest BCUT2D eigenvalue weighted by atomic mass is 19.1. The average molecular weight is 234 g/mol. The molecule has 0 bridgehead atoms. The van der Waals surface area contributed by atoms with Crippen LogP contribution in [0.5, 0.6) is 0 Å². The lowest BCUT2D eigenvalue weighted by Crippen LogP contribution is -2.50. The Balaban J connectivity index is 2.04. The van der Waals surface area contributed by atoms with Crippen LogP contribution < -0.4 is 10.6 Å². The van der Waals surface area contributed by atoms with Crippen molar-refractivity contribution in [2.24, 2.45) is 0 Å². The van der Waals surface area contributed by atoms with Crippen LogP contribution in [0.4, 0.5) is 15.8 Å². The molecule has 1 spiro atoms. The van der Waals surface area contributed by atoms with Crippen molar-refractivity contribution >= 4 is 17.3 Å². The lowest BCUT2D eigenvalue weighted by Gasteiger charge is -2.35. The van der Waals surface area contributed by atoms with Gasteiger partial charge in [-0.15, -0.1) is 0 Å². The summed E-state index contributed by atoms with van der Waals surface area (Å²) < 4.78 is 13.4. The average Bonchev–Trinajstić information content (AvgIpc) is 2.73. The molecule has 0 radical (unpaired) electrons. The zero-order valence-electron chi connectivity index (χ0n) is 9.77. The van der Waals surface area contributed by atoms with Crippen molar-refractivity contribution in [2.45, 2.75) is 38.1 Å². The lowest BCUT2D eigenvalue weighted by molar-refractivity contribution is -0.120. The molecule has 3 rings (SSSR count). The Morgan fingerprint density at radius 3 is 2.65 bits per heavy atom. The zero-order chi connectivity index (χ0) is 12.0. The molecule has 1 amide bonds. The second-order valence-corrected chi connectivity index (χ2v) is 5.02. The van der Waals surface area contributed by atoms with Gasteiger partial charge < -0.3 is 10.6 Å². The number of hydrogen-bond donors (Lipinski definition) is 2. The molecule has 0 unspecified atom stereocenters. The maximum Gasteiger partial charge on any atom is 0.250 e. The first-order chi connectivity index (χ1) is 8.11. The smallest absolute Gasteiger partial charge is 0.250 e. The largest absolute Gasteiger partial charge is 0.370 e. The minimum atomic E-state index is -0.461. The molecule has 1 aliphatic heterocycles. The number of aryl methyl sites for hydroxylation is 1. The summed E-state index contributed by atoms with van der Waals surface area (Å²) in [4.78, 5) is 12.1. The standard InChI is InChI=1S/C13H15FN2O/c1-8-6-11-10(7-9(8)14)15-12(17)13(16-11)4-2-3-5-13/h6-7,16H,2-5H2,1H3,(H,15,17). The Bertz CT molecular complexity index is 492. The van der Waals surface area contributed by atoms with E-state index in [0.717, 1.165) is 31.4 Å². The maximum absolute atomic E-state index is 13.4. The molecule has 3 nitrogen and oxygen atoms in total. The monoisotopic (exact) mass is 234 g/mol. The molecular weight excluding hydrogens is 219 g/mol. The Morgan fingerprint density at radius 1 is 1.24 bits per heavy atom. The van der Waals surface area contributed by atoms with Crippen LogP contribution in [-0.4, -0.2) is 11.4 Å². The summed E-state index contributed by atoms with van der Waals surface area (Å²) in [7, 11) is 0. The van der Waals surface area contributed by atoms with E-state index in [1.807, 2.05) is 0 Å². The number of amides is 1. The van der Waals surface area contributed by atoms with E-state index in [4.69, 9.17) is 0 Å². The highest BCUT2D eigenvalue weighted by Crippen LogP contribution is 2.40. The Morgan fingerprint density at radius 2 is 1.94 bits per heavy atom. The second-order valence-electron chi connectivity index (χ2n) is 5.02. The number of fused-ring (bicyclic) bond motifs is 1. The topological polar surface area (TPSA) is 41.1 Å². The van der Waals surface area contributed by atoms with Crippen LogP contribution in [0.25, 0.3) is 0 Å². The first-order valence-corrected chi connectivity index (χ1v) is 6.00. The van der Waals surface area contributed by atoms with Gasteiger partial charge in [0.1, 0.15) is 11.4 Å². The number of carbonyl (C=O) groups is 1. The number of nitrogens with one attached hydrogen (secondary N) is 2. The Hall–Kier alpha value is -1.58. The first-order valence-electron chi connectivity index (χ1n) is 6.00. The minimum Gasteiger partial charge on any atom is -0.370 e. The molecule has 0 aromatic heterocycles. The number of halogens is 1. The van der Waals surface area contributed by atoms with Gasteiger partial charge in [0.25, 0.3) is 0 Å². The number of hydrogen-bond acceptors (Lipinski definition) is 2. The van der Waals surface area contributed by atoms with Gasteiger partial charge in [-0.25, -0.2) is 4.39 Å². The third-order valence-electron chi connectivity index (χ3n) is 3.81. The second kappa shape index (κ2) is 3.45. The lowest BCUT2D eigenvalue weighted by atomic mass is 9.92. The van der Waals surface area contributed by atoms with Crippen LogP contribution in [0.1, 0.15) is 31.2 Å². The summed E-state index contributed by atoms with van der Waals surface area (Å²) in [6.07, 6.45) is 3.84. The van der Waals surface area contributed by atoms with Gasteiger partial charge in [0.15, 0.2) is 0 Å². The Kier molecular flexibility index (Phi) is 2.15. The van der Waals surface area contributed by atoms with Gasteiger partial charge in [-0.05, 0) is 37.5 Å². The predicted octanol–water partition coefficient (Wildman–Crippen LogP) is 2.81. The highest BCUT2D eigenvalue weighted by Gasteiger charge is 2.44. The fourth-order valence-corrected chi connectivity index (χ4v) is 2.78. The molecule has 0 atom stereocenters. The van der Waals surface area contributed by atoms with Crippen molar-refractivity contribution in [3.05, 3.63) is 23.5 Å². The van der Waals surface area contributed by atoms with E-state index in [1.165, 1.54) is 6.07 Å². The Labute approximate surface area is 99.4 Å². The number of carbonyl (C=O) groups excluding carboxylic acids is 1. The van der Waals surface area contributed by atoms with E-state index >= 15 is 0 Å². The maximum atomic E-state index is 13.4. The van der Waals surface area contributed by atoms with E-state index in [2.05, 4.69) is 10.6 Å². The third-order valence-corrected chi connectivity index (χ3v) is 3.81. The summed E-state index contributed by atoms with van der Waals surface area (Å²) in [5.74, 6) is -0.307. The minimum absolute atomic E-state index is 0.0225. The van der Waals surface area contributed by atoms with Crippen molar-refractivity contribution in [1.82, 2.24) is 0 Å². The van der Waals surface area contributed by atoms with Crippen LogP contribution in [0.2, 0.25) is 0 Å². The SMILES string of the molecule is Cc1cc2c(cc1F)NC(=O)C1(CCCC1)N2. The van der Waals surface area contributed by atoms with Crippen molar-refractivity contribution in [3.8, 4) is 0 Å².